The molecular weight excluding hydrogens is 476 g/mol. The van der Waals surface area contributed by atoms with E-state index in [1.165, 1.54) is 18.3 Å². The van der Waals surface area contributed by atoms with Gasteiger partial charge in [0, 0.05) is 11.8 Å². The van der Waals surface area contributed by atoms with Gasteiger partial charge in [0.15, 0.2) is 11.6 Å². The molecule has 178 valence electrons. The van der Waals surface area contributed by atoms with E-state index in [9.17, 15) is 18.4 Å². The van der Waals surface area contributed by atoms with Crippen LogP contribution in [0.1, 0.15) is 36.4 Å². The van der Waals surface area contributed by atoms with Crippen LogP contribution in [0, 0.1) is 17.6 Å². The Kier molecular flexibility index (Phi) is 6.87. The van der Waals surface area contributed by atoms with E-state index >= 15 is 0 Å². The van der Waals surface area contributed by atoms with Crippen LogP contribution in [0.5, 0.6) is 5.88 Å². The topological polar surface area (TPSA) is 139 Å². The fourth-order valence-electron chi connectivity index (χ4n) is 3.41. The van der Waals surface area contributed by atoms with Crippen LogP contribution in [0.3, 0.4) is 0 Å². The van der Waals surface area contributed by atoms with E-state index in [1.807, 2.05) is 0 Å². The second kappa shape index (κ2) is 10.00. The molecule has 13 heteroatoms. The highest BCUT2D eigenvalue weighted by Gasteiger charge is 2.27. The number of carbonyl (C=O) groups is 2. The number of carbonyl (C=O) groups excluding carboxylic acids is 1. The van der Waals surface area contributed by atoms with Crippen molar-refractivity contribution in [1.29, 1.82) is 0 Å². The highest BCUT2D eigenvalue weighted by Crippen LogP contribution is 2.31. The number of nitrogens with zero attached hydrogens (tertiary/aromatic N) is 3. The largest absolute Gasteiger partial charge is 0.481 e. The van der Waals surface area contributed by atoms with E-state index in [4.69, 9.17) is 25.9 Å². The van der Waals surface area contributed by atoms with Crippen molar-refractivity contribution < 1.29 is 32.6 Å². The molecule has 0 atom stereocenters. The van der Waals surface area contributed by atoms with Gasteiger partial charge in [-0.15, -0.1) is 5.10 Å². The number of carboxylic acids is 1. The molecular formula is C21H18ClF2N5O5. The molecule has 1 aliphatic rings. The highest BCUT2D eigenvalue weighted by molar-refractivity contribution is 6.32. The minimum atomic E-state index is -1.06. The molecule has 0 unspecified atom stereocenters. The van der Waals surface area contributed by atoms with E-state index in [2.05, 4.69) is 25.8 Å². The van der Waals surface area contributed by atoms with Gasteiger partial charge in [-0.1, -0.05) is 16.7 Å². The molecule has 2 heterocycles. The van der Waals surface area contributed by atoms with Crippen molar-refractivity contribution in [2.24, 2.45) is 5.92 Å². The second-order valence-electron chi connectivity index (χ2n) is 7.56. The first-order chi connectivity index (χ1) is 16.3. The average Bonchev–Trinajstić information content (AvgIpc) is 3.27. The summed E-state index contributed by atoms with van der Waals surface area (Å²) in [7, 11) is 0. The van der Waals surface area contributed by atoms with Crippen LogP contribution >= 0.6 is 11.6 Å². The number of amides is 1. The Morgan fingerprint density at radius 3 is 2.53 bits per heavy atom. The number of pyridine rings is 1. The fraction of sp³-hybridized carbons (Fsp3) is 0.286. The molecule has 10 nitrogen and oxygen atoms in total. The molecule has 0 radical (unpaired) electrons. The third-order valence-corrected chi connectivity index (χ3v) is 5.43. The molecule has 34 heavy (non-hydrogen) atoms. The van der Waals surface area contributed by atoms with Crippen LogP contribution in [-0.2, 0) is 4.79 Å². The smallest absolute Gasteiger partial charge is 0.320 e. The third kappa shape index (κ3) is 5.57. The van der Waals surface area contributed by atoms with E-state index in [1.54, 1.807) is 0 Å². The standard InChI is InChI=1S/C21H18ClF2N5O5/c22-14-7-12(9-25-18(14)33-13-4-1-10(2-5-13)20(31)32)26-17(30)19-28-29-21(34-19)27-11-3-6-15(23)16(24)8-11/h3,6-10,13H,1-2,4-5H2,(H,26,30)(H,27,29)(H,31,32). The highest BCUT2D eigenvalue weighted by atomic mass is 35.5. The Bertz CT molecular complexity index is 1220. The summed E-state index contributed by atoms with van der Waals surface area (Å²) < 4.78 is 37.3. The van der Waals surface area contributed by atoms with Gasteiger partial charge in [0.2, 0.25) is 5.88 Å². The quantitative estimate of drug-likeness (QED) is 0.436. The molecule has 1 aliphatic carbocycles. The molecule has 3 N–H and O–H groups in total. The Morgan fingerprint density at radius 1 is 1.09 bits per heavy atom. The summed E-state index contributed by atoms with van der Waals surface area (Å²) in [6.07, 6.45) is 3.32. The number of carboxylic acid groups (broad SMARTS) is 1. The maximum Gasteiger partial charge on any atom is 0.320 e. The Morgan fingerprint density at radius 2 is 1.85 bits per heavy atom. The van der Waals surface area contributed by atoms with Gasteiger partial charge in [0.05, 0.1) is 17.8 Å². The molecule has 0 aliphatic heterocycles. The molecule has 1 fully saturated rings. The van der Waals surface area contributed by atoms with Crippen molar-refractivity contribution in [3.05, 3.63) is 53.0 Å². The Labute approximate surface area is 196 Å². The van der Waals surface area contributed by atoms with Crippen molar-refractivity contribution in [3.63, 3.8) is 0 Å². The maximum absolute atomic E-state index is 13.3. The number of ether oxygens (including phenoxy) is 1. The summed E-state index contributed by atoms with van der Waals surface area (Å²) in [4.78, 5) is 27.6. The number of halogens is 3. The second-order valence-corrected chi connectivity index (χ2v) is 7.97. The van der Waals surface area contributed by atoms with Crippen molar-refractivity contribution >= 4 is 40.9 Å². The van der Waals surface area contributed by atoms with Gasteiger partial charge < -0.3 is 24.9 Å². The number of anilines is 3. The normalized spacial score (nSPS) is 17.7. The molecule has 4 rings (SSSR count). The van der Waals surface area contributed by atoms with Crippen LogP contribution in [-0.4, -0.2) is 38.3 Å². The average molecular weight is 494 g/mol. The zero-order valence-corrected chi connectivity index (χ0v) is 18.2. The molecule has 0 bridgehead atoms. The van der Waals surface area contributed by atoms with Gasteiger partial charge in [-0.2, -0.15) is 0 Å². The van der Waals surface area contributed by atoms with Gasteiger partial charge in [-0.05, 0) is 43.9 Å². The lowest BCUT2D eigenvalue weighted by Gasteiger charge is -2.26. The van der Waals surface area contributed by atoms with E-state index in [0.717, 1.165) is 12.1 Å². The molecule has 3 aromatic rings. The first-order valence-corrected chi connectivity index (χ1v) is 10.6. The maximum atomic E-state index is 13.3. The summed E-state index contributed by atoms with van der Waals surface area (Å²) in [6, 6.07) is 4.31. The summed E-state index contributed by atoms with van der Waals surface area (Å²) >= 11 is 6.22. The van der Waals surface area contributed by atoms with Crippen LogP contribution in [0.4, 0.5) is 26.2 Å². The van der Waals surface area contributed by atoms with Gasteiger partial charge in [-0.3, -0.25) is 9.59 Å². The van der Waals surface area contributed by atoms with Crippen LogP contribution < -0.4 is 15.4 Å². The van der Waals surface area contributed by atoms with Crippen molar-refractivity contribution in [1.82, 2.24) is 15.2 Å². The lowest BCUT2D eigenvalue weighted by Crippen LogP contribution is -2.28. The summed E-state index contributed by atoms with van der Waals surface area (Å²) in [5.74, 6) is -4.20. The lowest BCUT2D eigenvalue weighted by atomic mass is 9.87. The first kappa shape index (κ1) is 23.4. The van der Waals surface area contributed by atoms with Crippen molar-refractivity contribution in [2.75, 3.05) is 10.6 Å². The van der Waals surface area contributed by atoms with Crippen LogP contribution in [0.15, 0.2) is 34.9 Å². The molecule has 1 saturated carbocycles. The first-order valence-electron chi connectivity index (χ1n) is 10.2. The minimum absolute atomic E-state index is 0.150. The summed E-state index contributed by atoms with van der Waals surface area (Å²) in [5.41, 5.74) is 0.391. The number of hydrogen-bond donors (Lipinski definition) is 3. The lowest BCUT2D eigenvalue weighted by molar-refractivity contribution is -0.143. The van der Waals surface area contributed by atoms with Crippen molar-refractivity contribution in [2.45, 2.75) is 31.8 Å². The van der Waals surface area contributed by atoms with Crippen molar-refractivity contribution in [3.8, 4) is 5.88 Å². The molecule has 0 saturated heterocycles. The Balaban J connectivity index is 1.34. The van der Waals surface area contributed by atoms with Crippen LogP contribution in [0.2, 0.25) is 5.02 Å². The predicted octanol–water partition coefficient (Wildman–Crippen LogP) is 4.41. The number of rotatable bonds is 7. The van der Waals surface area contributed by atoms with E-state index < -0.39 is 29.4 Å². The monoisotopic (exact) mass is 493 g/mol. The summed E-state index contributed by atoms with van der Waals surface area (Å²) in [6.45, 7) is 0. The number of hydrogen-bond acceptors (Lipinski definition) is 8. The fourth-order valence-corrected chi connectivity index (χ4v) is 3.62. The molecule has 1 aromatic carbocycles. The number of nitrogens with one attached hydrogen (secondary N) is 2. The minimum Gasteiger partial charge on any atom is -0.481 e. The van der Waals surface area contributed by atoms with Gasteiger partial charge in [0.1, 0.15) is 11.1 Å². The zero-order chi connectivity index (χ0) is 24.2. The number of aromatic nitrogens is 3. The summed E-state index contributed by atoms with van der Waals surface area (Å²) in [5, 5.41) is 21.5. The number of aliphatic carboxylic acids is 1. The van der Waals surface area contributed by atoms with Gasteiger partial charge in [-0.25, -0.2) is 13.8 Å². The third-order valence-electron chi connectivity index (χ3n) is 5.16. The van der Waals surface area contributed by atoms with Crippen LogP contribution in [0.25, 0.3) is 0 Å². The predicted molar refractivity (Wildman–Crippen MR) is 115 cm³/mol. The molecule has 0 spiro atoms. The van der Waals surface area contributed by atoms with Gasteiger partial charge >= 0.3 is 23.8 Å². The van der Waals surface area contributed by atoms with Gasteiger partial charge in [0.25, 0.3) is 0 Å². The molecule has 2 aromatic heterocycles. The molecule has 1 amide bonds. The number of benzene rings is 1. The SMILES string of the molecule is O=C(Nc1cnc(OC2CCC(C(=O)O)CC2)c(Cl)c1)c1nnc(Nc2ccc(F)c(F)c2)o1. The van der Waals surface area contributed by atoms with E-state index in [-0.39, 0.29) is 40.3 Å². The van der Waals surface area contributed by atoms with E-state index in [0.29, 0.717) is 25.7 Å². The zero-order valence-electron chi connectivity index (χ0n) is 17.4. The Hall–Kier alpha value is -3.80.